The highest BCUT2D eigenvalue weighted by Gasteiger charge is 2.21. The quantitative estimate of drug-likeness (QED) is 0.791. The standard InChI is InChI=1S/C16H19N3O3/c1-4-8-14(20)11(2)12(3)19-16(22)18(15(21)17-19)13-9-6-5-7-10-13/h4-7,9-10,12,14,20H,1-2,8H2,3H3,(H,17,21)/t12-,14-/m0/s1. The Hall–Kier alpha value is -2.60. The molecule has 0 spiro atoms. The van der Waals surface area contributed by atoms with Crippen molar-refractivity contribution < 1.29 is 5.11 Å². The summed E-state index contributed by atoms with van der Waals surface area (Å²) in [6.07, 6.45) is 1.09. The molecule has 0 radical (unpaired) electrons. The summed E-state index contributed by atoms with van der Waals surface area (Å²) in [5.41, 5.74) is -0.120. The molecule has 6 nitrogen and oxygen atoms in total. The minimum Gasteiger partial charge on any atom is -0.388 e. The number of hydrogen-bond donors (Lipinski definition) is 2. The van der Waals surface area contributed by atoms with Crippen LogP contribution in [0.4, 0.5) is 0 Å². The van der Waals surface area contributed by atoms with Crippen molar-refractivity contribution >= 4 is 0 Å². The monoisotopic (exact) mass is 301 g/mol. The molecule has 1 heterocycles. The number of hydrogen-bond acceptors (Lipinski definition) is 3. The molecule has 0 fully saturated rings. The van der Waals surface area contributed by atoms with Gasteiger partial charge in [0.1, 0.15) is 0 Å². The van der Waals surface area contributed by atoms with Crippen molar-refractivity contribution in [2.45, 2.75) is 25.5 Å². The average Bonchev–Trinajstić information content (AvgIpc) is 2.81. The fraction of sp³-hybridized carbons (Fsp3) is 0.250. The number of aliphatic hydroxyl groups is 1. The van der Waals surface area contributed by atoms with E-state index in [2.05, 4.69) is 18.3 Å². The Morgan fingerprint density at radius 3 is 2.59 bits per heavy atom. The number of H-pyrrole nitrogens is 1. The van der Waals surface area contributed by atoms with Crippen molar-refractivity contribution in [3.8, 4) is 5.69 Å². The summed E-state index contributed by atoms with van der Waals surface area (Å²) in [6, 6.07) is 8.10. The first kappa shape index (κ1) is 15.8. The van der Waals surface area contributed by atoms with Crippen LogP contribution in [0, 0.1) is 0 Å². The van der Waals surface area contributed by atoms with Crippen LogP contribution in [0.5, 0.6) is 0 Å². The normalized spacial score (nSPS) is 13.5. The summed E-state index contributed by atoms with van der Waals surface area (Å²) < 4.78 is 2.22. The molecule has 2 atom stereocenters. The zero-order chi connectivity index (χ0) is 16.3. The lowest BCUT2D eigenvalue weighted by molar-refractivity contribution is 0.200. The zero-order valence-corrected chi connectivity index (χ0v) is 12.4. The maximum atomic E-state index is 12.5. The van der Waals surface area contributed by atoms with Crippen molar-refractivity contribution in [3.63, 3.8) is 0 Å². The van der Waals surface area contributed by atoms with Gasteiger partial charge in [0.2, 0.25) is 0 Å². The van der Waals surface area contributed by atoms with Crippen LogP contribution in [0.3, 0.4) is 0 Å². The molecule has 0 unspecified atom stereocenters. The van der Waals surface area contributed by atoms with E-state index in [0.29, 0.717) is 17.7 Å². The Morgan fingerprint density at radius 2 is 2.00 bits per heavy atom. The van der Waals surface area contributed by atoms with E-state index in [4.69, 9.17) is 0 Å². The Bertz CT molecular complexity index is 783. The summed E-state index contributed by atoms with van der Waals surface area (Å²) >= 11 is 0. The fourth-order valence-corrected chi connectivity index (χ4v) is 2.22. The molecule has 6 heteroatoms. The number of aliphatic hydroxyl groups excluding tert-OH is 1. The second-order valence-electron chi connectivity index (χ2n) is 5.03. The van der Waals surface area contributed by atoms with Crippen LogP contribution in [0.2, 0.25) is 0 Å². The van der Waals surface area contributed by atoms with Crippen LogP contribution in [0.15, 0.2) is 64.7 Å². The fourth-order valence-electron chi connectivity index (χ4n) is 2.22. The number of rotatable bonds is 6. The molecule has 0 aliphatic heterocycles. The lowest BCUT2D eigenvalue weighted by Gasteiger charge is -2.19. The van der Waals surface area contributed by atoms with Gasteiger partial charge in [-0.05, 0) is 31.1 Å². The molecule has 0 aliphatic rings. The molecule has 1 aromatic heterocycles. The van der Waals surface area contributed by atoms with Gasteiger partial charge >= 0.3 is 11.4 Å². The molecule has 2 rings (SSSR count). The van der Waals surface area contributed by atoms with Gasteiger partial charge in [0.25, 0.3) is 0 Å². The van der Waals surface area contributed by atoms with E-state index in [1.807, 2.05) is 0 Å². The number of benzene rings is 1. The Labute approximate surface area is 127 Å². The summed E-state index contributed by atoms with van der Waals surface area (Å²) in [4.78, 5) is 24.5. The molecule has 116 valence electrons. The predicted octanol–water partition coefficient (Wildman–Crippen LogP) is 1.38. The van der Waals surface area contributed by atoms with Gasteiger partial charge in [-0.3, -0.25) is 0 Å². The molecule has 22 heavy (non-hydrogen) atoms. The van der Waals surface area contributed by atoms with Gasteiger partial charge in [-0.1, -0.05) is 30.9 Å². The van der Waals surface area contributed by atoms with Gasteiger partial charge in [0, 0.05) is 0 Å². The Morgan fingerprint density at radius 1 is 1.36 bits per heavy atom. The second kappa shape index (κ2) is 6.44. The first-order chi connectivity index (χ1) is 10.5. The largest absolute Gasteiger partial charge is 0.388 e. The van der Waals surface area contributed by atoms with E-state index in [-0.39, 0.29) is 0 Å². The SMILES string of the molecule is C=CC[C@H](O)C(=C)[C@H](C)n1[nH]c(=O)n(-c2ccccc2)c1=O. The molecule has 2 N–H and O–H groups in total. The van der Waals surface area contributed by atoms with Crippen molar-refractivity contribution in [2.75, 3.05) is 0 Å². The minimum absolute atomic E-state index is 0.335. The van der Waals surface area contributed by atoms with E-state index < -0.39 is 23.5 Å². The molecule has 2 aromatic rings. The molecule has 0 amide bonds. The lowest BCUT2D eigenvalue weighted by Crippen LogP contribution is -2.30. The van der Waals surface area contributed by atoms with Gasteiger partial charge in [0.05, 0.1) is 17.8 Å². The highest BCUT2D eigenvalue weighted by Crippen LogP contribution is 2.18. The van der Waals surface area contributed by atoms with Crippen LogP contribution in [0.25, 0.3) is 5.69 Å². The van der Waals surface area contributed by atoms with Gasteiger partial charge in [-0.2, -0.15) is 0 Å². The van der Waals surface area contributed by atoms with Crippen molar-refractivity contribution in [2.24, 2.45) is 0 Å². The Kier molecular flexibility index (Phi) is 4.62. The number of nitrogens with zero attached hydrogens (tertiary/aromatic N) is 2. The van der Waals surface area contributed by atoms with Crippen LogP contribution in [-0.2, 0) is 0 Å². The zero-order valence-electron chi connectivity index (χ0n) is 12.4. The molecule has 0 saturated heterocycles. The van der Waals surface area contributed by atoms with Crippen molar-refractivity contribution in [1.29, 1.82) is 0 Å². The minimum atomic E-state index is -0.817. The molecule has 0 saturated carbocycles. The highest BCUT2D eigenvalue weighted by atomic mass is 16.3. The number of aromatic amines is 1. The molecular weight excluding hydrogens is 282 g/mol. The third kappa shape index (κ3) is 2.87. The topological polar surface area (TPSA) is 80.0 Å². The summed E-state index contributed by atoms with van der Waals surface area (Å²) in [6.45, 7) is 9.07. The summed E-state index contributed by atoms with van der Waals surface area (Å²) in [5, 5.41) is 12.5. The molecule has 1 aromatic carbocycles. The molecule has 0 aliphatic carbocycles. The van der Waals surface area contributed by atoms with E-state index in [9.17, 15) is 14.7 Å². The van der Waals surface area contributed by atoms with E-state index in [0.717, 1.165) is 4.57 Å². The second-order valence-corrected chi connectivity index (χ2v) is 5.03. The number of para-hydroxylation sites is 1. The summed E-state index contributed by atoms with van der Waals surface area (Å²) in [7, 11) is 0. The van der Waals surface area contributed by atoms with E-state index in [1.165, 1.54) is 4.68 Å². The van der Waals surface area contributed by atoms with Crippen LogP contribution in [-0.4, -0.2) is 25.6 Å². The van der Waals surface area contributed by atoms with Crippen molar-refractivity contribution in [3.05, 3.63) is 76.1 Å². The third-order valence-corrected chi connectivity index (χ3v) is 3.57. The van der Waals surface area contributed by atoms with Crippen LogP contribution < -0.4 is 11.4 Å². The maximum absolute atomic E-state index is 12.5. The predicted molar refractivity (Wildman–Crippen MR) is 85.3 cm³/mol. The van der Waals surface area contributed by atoms with E-state index in [1.54, 1.807) is 43.3 Å². The number of nitrogens with one attached hydrogen (secondary N) is 1. The smallest absolute Gasteiger partial charge is 0.352 e. The first-order valence-electron chi connectivity index (χ1n) is 6.94. The third-order valence-electron chi connectivity index (χ3n) is 3.57. The van der Waals surface area contributed by atoms with Gasteiger partial charge in [-0.15, -0.1) is 6.58 Å². The van der Waals surface area contributed by atoms with Crippen molar-refractivity contribution in [1.82, 2.24) is 14.3 Å². The molecule has 0 bridgehead atoms. The van der Waals surface area contributed by atoms with Crippen LogP contribution in [0.1, 0.15) is 19.4 Å². The lowest BCUT2D eigenvalue weighted by atomic mass is 10.0. The molecular formula is C16H19N3O3. The Balaban J connectivity index is 2.43. The van der Waals surface area contributed by atoms with Gasteiger partial charge in [0.15, 0.2) is 0 Å². The average molecular weight is 301 g/mol. The van der Waals surface area contributed by atoms with Gasteiger partial charge < -0.3 is 5.11 Å². The van der Waals surface area contributed by atoms with Gasteiger partial charge in [-0.25, -0.2) is 23.9 Å². The van der Waals surface area contributed by atoms with E-state index >= 15 is 0 Å². The van der Waals surface area contributed by atoms with Crippen LogP contribution >= 0.6 is 0 Å². The first-order valence-corrected chi connectivity index (χ1v) is 6.94. The highest BCUT2D eigenvalue weighted by molar-refractivity contribution is 5.30. The maximum Gasteiger partial charge on any atom is 0.352 e. The number of aromatic nitrogens is 3. The summed E-state index contributed by atoms with van der Waals surface area (Å²) in [5.74, 6) is 0.